The number of carbonyl (C=O) groups is 2. The van der Waals surface area contributed by atoms with Gasteiger partial charge in [0.05, 0.1) is 23.9 Å². The van der Waals surface area contributed by atoms with Gasteiger partial charge in [0, 0.05) is 32.3 Å². The fraction of sp³-hybridized carbons (Fsp3) is 0.304. The van der Waals surface area contributed by atoms with Crippen molar-refractivity contribution in [2.75, 3.05) is 44.6 Å². The quantitative estimate of drug-likeness (QED) is 0.686. The zero-order valence-electron chi connectivity index (χ0n) is 17.0. The SMILES string of the molecule is CCOc1ccc(/C=C/C(=O)N2CCN(CC(=O)Nc3ccccc3Cl)CC2)cc1. The van der Waals surface area contributed by atoms with E-state index in [-0.39, 0.29) is 18.4 Å². The van der Waals surface area contributed by atoms with Crippen LogP contribution >= 0.6 is 11.6 Å². The third-order valence-corrected chi connectivity index (χ3v) is 5.14. The van der Waals surface area contributed by atoms with Crippen LogP contribution in [0.1, 0.15) is 12.5 Å². The number of piperazine rings is 1. The van der Waals surface area contributed by atoms with E-state index in [1.807, 2.05) is 54.3 Å². The monoisotopic (exact) mass is 427 g/mol. The van der Waals surface area contributed by atoms with E-state index in [4.69, 9.17) is 16.3 Å². The normalized spacial score (nSPS) is 14.7. The second-order valence-corrected chi connectivity index (χ2v) is 7.37. The maximum Gasteiger partial charge on any atom is 0.246 e. The molecule has 6 nitrogen and oxygen atoms in total. The van der Waals surface area contributed by atoms with Crippen molar-refractivity contribution in [1.82, 2.24) is 9.80 Å². The Hall–Kier alpha value is -2.83. The third-order valence-electron chi connectivity index (χ3n) is 4.81. The summed E-state index contributed by atoms with van der Waals surface area (Å²) in [6.07, 6.45) is 3.40. The molecule has 0 aromatic heterocycles. The molecule has 1 heterocycles. The fourth-order valence-corrected chi connectivity index (χ4v) is 3.38. The highest BCUT2D eigenvalue weighted by Crippen LogP contribution is 2.20. The van der Waals surface area contributed by atoms with Gasteiger partial charge < -0.3 is 15.0 Å². The Morgan fingerprint density at radius 1 is 1.07 bits per heavy atom. The molecule has 1 N–H and O–H groups in total. The van der Waals surface area contributed by atoms with Crippen LogP contribution in [0.3, 0.4) is 0 Å². The molecular weight excluding hydrogens is 402 g/mol. The van der Waals surface area contributed by atoms with E-state index in [1.54, 1.807) is 23.1 Å². The number of para-hydroxylation sites is 1. The Labute approximate surface area is 182 Å². The number of nitrogens with zero attached hydrogens (tertiary/aromatic N) is 2. The first-order chi connectivity index (χ1) is 14.5. The van der Waals surface area contributed by atoms with Crippen molar-refractivity contribution in [1.29, 1.82) is 0 Å². The highest BCUT2D eigenvalue weighted by atomic mass is 35.5. The molecule has 0 aliphatic carbocycles. The topological polar surface area (TPSA) is 61.9 Å². The summed E-state index contributed by atoms with van der Waals surface area (Å²) in [5, 5.41) is 3.34. The first-order valence-electron chi connectivity index (χ1n) is 10.0. The largest absolute Gasteiger partial charge is 0.494 e. The molecule has 1 saturated heterocycles. The Balaban J connectivity index is 1.43. The summed E-state index contributed by atoms with van der Waals surface area (Å²) < 4.78 is 5.42. The van der Waals surface area contributed by atoms with Gasteiger partial charge in [-0.25, -0.2) is 0 Å². The van der Waals surface area contributed by atoms with E-state index in [0.29, 0.717) is 43.5 Å². The molecule has 2 aromatic carbocycles. The standard InChI is InChI=1S/C23H26ClN3O3/c1-2-30-19-10-7-18(8-11-19)9-12-23(29)27-15-13-26(14-16-27)17-22(28)25-21-6-4-3-5-20(21)24/h3-12H,2,13-17H2,1H3,(H,25,28)/b12-9+. The second-order valence-electron chi connectivity index (χ2n) is 6.96. The molecule has 1 aliphatic rings. The molecular formula is C23H26ClN3O3. The highest BCUT2D eigenvalue weighted by Gasteiger charge is 2.21. The summed E-state index contributed by atoms with van der Waals surface area (Å²) in [4.78, 5) is 28.5. The molecule has 7 heteroatoms. The minimum Gasteiger partial charge on any atom is -0.494 e. The number of ether oxygens (including phenoxy) is 1. The van der Waals surface area contributed by atoms with E-state index in [9.17, 15) is 9.59 Å². The van der Waals surface area contributed by atoms with E-state index >= 15 is 0 Å². The minimum absolute atomic E-state index is 0.0240. The van der Waals surface area contributed by atoms with Crippen molar-refractivity contribution in [2.45, 2.75) is 6.92 Å². The summed E-state index contributed by atoms with van der Waals surface area (Å²) in [5.41, 5.74) is 1.55. The van der Waals surface area contributed by atoms with Gasteiger partial charge in [-0.05, 0) is 42.8 Å². The summed E-state index contributed by atoms with van der Waals surface area (Å²) >= 11 is 6.08. The van der Waals surface area contributed by atoms with Crippen LogP contribution in [-0.2, 0) is 9.59 Å². The number of hydrogen-bond donors (Lipinski definition) is 1. The minimum atomic E-state index is -0.113. The fourth-order valence-electron chi connectivity index (χ4n) is 3.20. The lowest BCUT2D eigenvalue weighted by molar-refractivity contribution is -0.127. The molecule has 0 radical (unpaired) electrons. The van der Waals surface area contributed by atoms with Crippen molar-refractivity contribution in [2.24, 2.45) is 0 Å². The average molecular weight is 428 g/mol. The van der Waals surface area contributed by atoms with E-state index in [1.165, 1.54) is 0 Å². The van der Waals surface area contributed by atoms with Crippen LogP contribution in [0.15, 0.2) is 54.6 Å². The summed E-state index contributed by atoms with van der Waals surface area (Å²) in [6, 6.07) is 14.8. The number of amides is 2. The smallest absolute Gasteiger partial charge is 0.246 e. The van der Waals surface area contributed by atoms with Crippen molar-refractivity contribution in [3.8, 4) is 5.75 Å². The van der Waals surface area contributed by atoms with Crippen molar-refractivity contribution >= 4 is 35.2 Å². The van der Waals surface area contributed by atoms with Gasteiger partial charge in [0.25, 0.3) is 0 Å². The van der Waals surface area contributed by atoms with Gasteiger partial charge >= 0.3 is 0 Å². The molecule has 2 aromatic rings. The first-order valence-corrected chi connectivity index (χ1v) is 10.4. The highest BCUT2D eigenvalue weighted by molar-refractivity contribution is 6.33. The number of halogens is 1. The van der Waals surface area contributed by atoms with E-state index < -0.39 is 0 Å². The van der Waals surface area contributed by atoms with Crippen LogP contribution in [0.25, 0.3) is 6.08 Å². The summed E-state index contributed by atoms with van der Waals surface area (Å²) in [6.45, 7) is 5.32. The van der Waals surface area contributed by atoms with Gasteiger partial charge in [-0.3, -0.25) is 14.5 Å². The Morgan fingerprint density at radius 3 is 2.43 bits per heavy atom. The van der Waals surface area contributed by atoms with Crippen molar-refractivity contribution in [3.63, 3.8) is 0 Å². The number of rotatable bonds is 7. The molecule has 2 amide bonds. The van der Waals surface area contributed by atoms with Gasteiger partial charge in [0.15, 0.2) is 0 Å². The van der Waals surface area contributed by atoms with E-state index in [0.717, 1.165) is 11.3 Å². The van der Waals surface area contributed by atoms with Gasteiger partial charge in [0.1, 0.15) is 5.75 Å². The molecule has 3 rings (SSSR count). The zero-order valence-corrected chi connectivity index (χ0v) is 17.8. The van der Waals surface area contributed by atoms with Crippen LogP contribution in [0.4, 0.5) is 5.69 Å². The number of hydrogen-bond acceptors (Lipinski definition) is 4. The molecule has 30 heavy (non-hydrogen) atoms. The predicted molar refractivity (Wildman–Crippen MR) is 120 cm³/mol. The first kappa shape index (κ1) is 21.9. The molecule has 0 atom stereocenters. The lowest BCUT2D eigenvalue weighted by atomic mass is 10.2. The van der Waals surface area contributed by atoms with Crippen LogP contribution in [0.2, 0.25) is 5.02 Å². The van der Waals surface area contributed by atoms with Crippen molar-refractivity contribution in [3.05, 3.63) is 65.2 Å². The van der Waals surface area contributed by atoms with Gasteiger partial charge in [0.2, 0.25) is 11.8 Å². The summed E-state index contributed by atoms with van der Waals surface area (Å²) in [7, 11) is 0. The van der Waals surface area contributed by atoms with Crippen LogP contribution < -0.4 is 10.1 Å². The molecule has 1 aliphatic heterocycles. The van der Waals surface area contributed by atoms with Crippen molar-refractivity contribution < 1.29 is 14.3 Å². The lowest BCUT2D eigenvalue weighted by Crippen LogP contribution is -2.50. The predicted octanol–water partition coefficient (Wildman–Crippen LogP) is 3.53. The molecule has 0 bridgehead atoms. The average Bonchev–Trinajstić information content (AvgIpc) is 2.75. The maximum absolute atomic E-state index is 12.5. The van der Waals surface area contributed by atoms with E-state index in [2.05, 4.69) is 5.32 Å². The van der Waals surface area contributed by atoms with Crippen LogP contribution in [-0.4, -0.2) is 60.9 Å². The second kappa shape index (κ2) is 10.8. The number of anilines is 1. The van der Waals surface area contributed by atoms with Crippen LogP contribution in [0, 0.1) is 0 Å². The Morgan fingerprint density at radius 2 is 1.77 bits per heavy atom. The van der Waals surface area contributed by atoms with Gasteiger partial charge in [-0.2, -0.15) is 0 Å². The molecule has 1 fully saturated rings. The van der Waals surface area contributed by atoms with Gasteiger partial charge in [-0.1, -0.05) is 35.9 Å². The number of carbonyl (C=O) groups excluding carboxylic acids is 2. The Bertz CT molecular complexity index is 891. The lowest BCUT2D eigenvalue weighted by Gasteiger charge is -2.33. The Kier molecular flexibility index (Phi) is 7.88. The van der Waals surface area contributed by atoms with Gasteiger partial charge in [-0.15, -0.1) is 0 Å². The maximum atomic E-state index is 12.5. The number of benzene rings is 2. The molecule has 0 spiro atoms. The number of nitrogens with one attached hydrogen (secondary N) is 1. The zero-order chi connectivity index (χ0) is 21.3. The summed E-state index contributed by atoms with van der Waals surface area (Å²) in [5.74, 6) is 0.679. The third kappa shape index (κ3) is 6.34. The molecule has 158 valence electrons. The van der Waals surface area contributed by atoms with Crippen LogP contribution in [0.5, 0.6) is 5.75 Å². The molecule has 0 saturated carbocycles. The molecule has 0 unspecified atom stereocenters.